The molecule has 1 aliphatic carbocycles. The van der Waals surface area contributed by atoms with Crippen molar-refractivity contribution in [2.45, 2.75) is 25.7 Å². The summed E-state index contributed by atoms with van der Waals surface area (Å²) >= 11 is 5.87. The largest absolute Gasteiger partial charge is 0.294 e. The number of nitrogens with zero attached hydrogens (tertiary/aromatic N) is 2. The normalized spacial score (nSPS) is 14.9. The molecule has 0 N–H and O–H groups in total. The number of hydrogen-bond donors (Lipinski definition) is 0. The predicted octanol–water partition coefficient (Wildman–Crippen LogP) is 3.71. The van der Waals surface area contributed by atoms with Crippen LogP contribution in [0.2, 0.25) is 5.02 Å². The summed E-state index contributed by atoms with van der Waals surface area (Å²) in [5.41, 5.74) is 2.49. The molecule has 3 nitrogen and oxygen atoms in total. The van der Waals surface area contributed by atoms with Crippen molar-refractivity contribution in [1.82, 2.24) is 9.97 Å². The van der Waals surface area contributed by atoms with Gasteiger partial charge in [-0.05, 0) is 43.5 Å². The van der Waals surface area contributed by atoms with E-state index < -0.39 is 0 Å². The van der Waals surface area contributed by atoms with E-state index in [-0.39, 0.29) is 5.78 Å². The van der Waals surface area contributed by atoms with Crippen molar-refractivity contribution in [3.63, 3.8) is 0 Å². The summed E-state index contributed by atoms with van der Waals surface area (Å²) in [6.07, 6.45) is 5.07. The standard InChI is InChI=1S/C15H13ClN2O/c16-11-7-5-10(6-8-11)15-17-9-12-13(18-15)3-1-2-4-14(12)19/h5-9H,1-4H2. The molecule has 96 valence electrons. The Morgan fingerprint density at radius 1 is 1.05 bits per heavy atom. The lowest BCUT2D eigenvalue weighted by Gasteiger charge is -2.06. The molecular formula is C15H13ClN2O. The van der Waals surface area contributed by atoms with Gasteiger partial charge >= 0.3 is 0 Å². The number of fused-ring (bicyclic) bond motifs is 1. The predicted molar refractivity (Wildman–Crippen MR) is 74.4 cm³/mol. The van der Waals surface area contributed by atoms with Crippen LogP contribution in [-0.4, -0.2) is 15.8 Å². The first-order valence-corrected chi connectivity index (χ1v) is 6.77. The summed E-state index contributed by atoms with van der Waals surface area (Å²) < 4.78 is 0. The highest BCUT2D eigenvalue weighted by atomic mass is 35.5. The minimum Gasteiger partial charge on any atom is -0.294 e. The molecular weight excluding hydrogens is 260 g/mol. The Bertz CT molecular complexity index is 623. The highest BCUT2D eigenvalue weighted by molar-refractivity contribution is 6.30. The number of halogens is 1. The third-order valence-corrected chi connectivity index (χ3v) is 3.59. The summed E-state index contributed by atoms with van der Waals surface area (Å²) in [4.78, 5) is 20.8. The molecule has 0 amide bonds. The summed E-state index contributed by atoms with van der Waals surface area (Å²) in [6, 6.07) is 7.42. The number of benzene rings is 1. The van der Waals surface area contributed by atoms with Crippen LogP contribution in [0.25, 0.3) is 11.4 Å². The topological polar surface area (TPSA) is 42.9 Å². The molecule has 0 fully saturated rings. The second kappa shape index (κ2) is 5.10. The van der Waals surface area contributed by atoms with E-state index >= 15 is 0 Å². The van der Waals surface area contributed by atoms with Gasteiger partial charge in [0, 0.05) is 23.2 Å². The number of aryl methyl sites for hydroxylation is 1. The van der Waals surface area contributed by atoms with Gasteiger partial charge in [-0.3, -0.25) is 4.79 Å². The molecule has 1 aromatic heterocycles. The second-order valence-corrected chi connectivity index (χ2v) is 5.13. The van der Waals surface area contributed by atoms with Crippen molar-refractivity contribution < 1.29 is 4.79 Å². The number of rotatable bonds is 1. The summed E-state index contributed by atoms with van der Waals surface area (Å²) in [5, 5.41) is 0.689. The van der Waals surface area contributed by atoms with Crippen LogP contribution in [0.15, 0.2) is 30.5 Å². The SMILES string of the molecule is O=C1CCCCc2nc(-c3ccc(Cl)cc3)ncc21. The molecule has 0 atom stereocenters. The van der Waals surface area contributed by atoms with Crippen LogP contribution in [0.1, 0.15) is 35.3 Å². The Morgan fingerprint density at radius 2 is 1.79 bits per heavy atom. The molecule has 1 heterocycles. The van der Waals surface area contributed by atoms with Crippen LogP contribution in [0.3, 0.4) is 0 Å². The first-order valence-electron chi connectivity index (χ1n) is 6.39. The van der Waals surface area contributed by atoms with Gasteiger partial charge in [-0.1, -0.05) is 11.6 Å². The van der Waals surface area contributed by atoms with Crippen LogP contribution in [0.5, 0.6) is 0 Å². The van der Waals surface area contributed by atoms with Crippen LogP contribution < -0.4 is 0 Å². The van der Waals surface area contributed by atoms with Crippen molar-refractivity contribution >= 4 is 17.4 Å². The molecule has 2 aromatic rings. The van der Waals surface area contributed by atoms with Crippen LogP contribution >= 0.6 is 11.6 Å². The Labute approximate surface area is 116 Å². The lowest BCUT2D eigenvalue weighted by Crippen LogP contribution is -2.05. The van der Waals surface area contributed by atoms with Crippen molar-refractivity contribution in [1.29, 1.82) is 0 Å². The zero-order chi connectivity index (χ0) is 13.2. The maximum atomic E-state index is 11.9. The fraction of sp³-hybridized carbons (Fsp3) is 0.267. The minimum absolute atomic E-state index is 0.162. The van der Waals surface area contributed by atoms with Crippen LogP contribution in [-0.2, 0) is 6.42 Å². The fourth-order valence-corrected chi connectivity index (χ4v) is 2.42. The van der Waals surface area contributed by atoms with E-state index in [1.54, 1.807) is 6.20 Å². The van der Waals surface area contributed by atoms with E-state index in [1.807, 2.05) is 24.3 Å². The Balaban J connectivity index is 2.03. The first kappa shape index (κ1) is 12.3. The van der Waals surface area contributed by atoms with E-state index in [0.29, 0.717) is 22.8 Å². The maximum Gasteiger partial charge on any atom is 0.166 e. The van der Waals surface area contributed by atoms with Gasteiger partial charge in [-0.25, -0.2) is 9.97 Å². The summed E-state index contributed by atoms with van der Waals surface area (Å²) in [7, 11) is 0. The van der Waals surface area contributed by atoms with Gasteiger partial charge in [0.2, 0.25) is 0 Å². The molecule has 4 heteroatoms. The van der Waals surface area contributed by atoms with Crippen molar-refractivity contribution in [3.05, 3.63) is 46.7 Å². The van der Waals surface area contributed by atoms with Crippen LogP contribution in [0.4, 0.5) is 0 Å². The Morgan fingerprint density at radius 3 is 2.58 bits per heavy atom. The number of ketones is 1. The van der Waals surface area contributed by atoms with E-state index in [2.05, 4.69) is 9.97 Å². The van der Waals surface area contributed by atoms with Gasteiger partial charge < -0.3 is 0 Å². The van der Waals surface area contributed by atoms with Crippen molar-refractivity contribution in [3.8, 4) is 11.4 Å². The van der Waals surface area contributed by atoms with E-state index in [1.165, 1.54) is 0 Å². The highest BCUT2D eigenvalue weighted by Crippen LogP contribution is 2.23. The number of Topliss-reactive ketones (excluding diaryl/α,β-unsaturated/α-hetero) is 1. The molecule has 19 heavy (non-hydrogen) atoms. The number of aromatic nitrogens is 2. The van der Waals surface area contributed by atoms with E-state index in [4.69, 9.17) is 11.6 Å². The molecule has 1 aromatic carbocycles. The number of hydrogen-bond acceptors (Lipinski definition) is 3. The van der Waals surface area contributed by atoms with Gasteiger partial charge in [-0.2, -0.15) is 0 Å². The average Bonchev–Trinajstić information content (AvgIpc) is 2.61. The van der Waals surface area contributed by atoms with Crippen molar-refractivity contribution in [2.24, 2.45) is 0 Å². The Kier molecular flexibility index (Phi) is 3.30. The quantitative estimate of drug-likeness (QED) is 0.743. The molecule has 0 spiro atoms. The van der Waals surface area contributed by atoms with Gasteiger partial charge in [-0.15, -0.1) is 0 Å². The summed E-state index contributed by atoms with van der Waals surface area (Å²) in [5.74, 6) is 0.820. The summed E-state index contributed by atoms with van der Waals surface area (Å²) in [6.45, 7) is 0. The lowest BCUT2D eigenvalue weighted by molar-refractivity contribution is 0.0981. The monoisotopic (exact) mass is 272 g/mol. The second-order valence-electron chi connectivity index (χ2n) is 4.69. The van der Waals surface area contributed by atoms with Gasteiger partial charge in [0.05, 0.1) is 11.3 Å². The zero-order valence-electron chi connectivity index (χ0n) is 10.4. The molecule has 0 saturated heterocycles. The van der Waals surface area contributed by atoms with Gasteiger partial charge in [0.25, 0.3) is 0 Å². The molecule has 0 bridgehead atoms. The molecule has 0 radical (unpaired) electrons. The molecule has 0 saturated carbocycles. The third kappa shape index (κ3) is 2.51. The third-order valence-electron chi connectivity index (χ3n) is 3.34. The minimum atomic E-state index is 0.162. The molecule has 0 unspecified atom stereocenters. The van der Waals surface area contributed by atoms with Crippen molar-refractivity contribution in [2.75, 3.05) is 0 Å². The average molecular weight is 273 g/mol. The van der Waals surface area contributed by atoms with Crippen LogP contribution in [0, 0.1) is 0 Å². The first-order chi connectivity index (χ1) is 9.24. The maximum absolute atomic E-state index is 11.9. The smallest absolute Gasteiger partial charge is 0.166 e. The molecule has 0 aliphatic heterocycles. The zero-order valence-corrected chi connectivity index (χ0v) is 11.2. The fourth-order valence-electron chi connectivity index (χ4n) is 2.29. The van der Waals surface area contributed by atoms with Gasteiger partial charge in [0.1, 0.15) is 0 Å². The van der Waals surface area contributed by atoms with E-state index in [0.717, 1.165) is 30.5 Å². The van der Waals surface area contributed by atoms with Gasteiger partial charge in [0.15, 0.2) is 11.6 Å². The Hall–Kier alpha value is -1.74. The number of carbonyl (C=O) groups excluding carboxylic acids is 1. The highest BCUT2D eigenvalue weighted by Gasteiger charge is 2.18. The molecule has 1 aliphatic rings. The lowest BCUT2D eigenvalue weighted by atomic mass is 10.1. The molecule has 3 rings (SSSR count). The van der Waals surface area contributed by atoms with E-state index in [9.17, 15) is 4.79 Å². The number of carbonyl (C=O) groups is 1.